The second kappa shape index (κ2) is 5.00. The largest absolute Gasteiger partial charge is 0.481 e. The van der Waals surface area contributed by atoms with Crippen molar-refractivity contribution < 1.29 is 19.4 Å². The van der Waals surface area contributed by atoms with Gasteiger partial charge in [0, 0.05) is 16.4 Å². The van der Waals surface area contributed by atoms with Gasteiger partial charge in [0.2, 0.25) is 0 Å². The highest BCUT2D eigenvalue weighted by atomic mass is 32.2. The lowest BCUT2D eigenvalue weighted by molar-refractivity contribution is -0.169. The summed E-state index contributed by atoms with van der Waals surface area (Å²) in [6.45, 7) is 0. The maximum atomic E-state index is 11.8. The Balaban J connectivity index is 1.72. The molecule has 5 heteroatoms. The number of hydrogen-bond acceptors (Lipinski definition) is 4. The van der Waals surface area contributed by atoms with Crippen LogP contribution in [0.3, 0.4) is 0 Å². The zero-order valence-corrected chi connectivity index (χ0v) is 11.8. The zero-order chi connectivity index (χ0) is 13.5. The van der Waals surface area contributed by atoms with E-state index in [2.05, 4.69) is 11.8 Å². The van der Waals surface area contributed by atoms with E-state index in [1.165, 1.54) is 12.8 Å². The van der Waals surface area contributed by atoms with Crippen LogP contribution in [0.15, 0.2) is 0 Å². The summed E-state index contributed by atoms with van der Waals surface area (Å²) in [4.78, 5) is 22.4. The van der Waals surface area contributed by atoms with Crippen LogP contribution < -0.4 is 0 Å². The molecule has 2 aliphatic heterocycles. The molecular weight excluding hydrogens is 264 g/mol. The standard InChI is InChI=1S/C14H20O4S/c15-12(16)8-13(17)18-14(5-1-2-6-14)10-7-9-3-4-11(10)19-9/h9-11H,1-8H2,(H,15,16). The van der Waals surface area contributed by atoms with E-state index in [9.17, 15) is 9.59 Å². The second-order valence-electron chi connectivity index (χ2n) is 6.03. The monoisotopic (exact) mass is 284 g/mol. The molecule has 1 aliphatic carbocycles. The van der Waals surface area contributed by atoms with Gasteiger partial charge in [0.25, 0.3) is 0 Å². The smallest absolute Gasteiger partial charge is 0.317 e. The molecule has 2 bridgehead atoms. The third kappa shape index (κ3) is 2.49. The van der Waals surface area contributed by atoms with E-state index in [0.29, 0.717) is 11.2 Å². The van der Waals surface area contributed by atoms with Crippen molar-refractivity contribution in [1.82, 2.24) is 0 Å². The van der Waals surface area contributed by atoms with E-state index < -0.39 is 18.4 Å². The summed E-state index contributed by atoms with van der Waals surface area (Å²) in [7, 11) is 0. The van der Waals surface area contributed by atoms with Crippen molar-refractivity contribution >= 4 is 23.7 Å². The van der Waals surface area contributed by atoms with Crippen molar-refractivity contribution in [2.45, 2.75) is 67.5 Å². The highest BCUT2D eigenvalue weighted by Gasteiger charge is 2.54. The van der Waals surface area contributed by atoms with Gasteiger partial charge in [-0.3, -0.25) is 9.59 Å². The predicted molar refractivity (Wildman–Crippen MR) is 72.1 cm³/mol. The molecular formula is C14H20O4S. The molecule has 0 radical (unpaired) electrons. The molecule has 3 unspecified atom stereocenters. The summed E-state index contributed by atoms with van der Waals surface area (Å²) in [6, 6.07) is 0. The maximum Gasteiger partial charge on any atom is 0.317 e. The molecule has 2 saturated heterocycles. The fourth-order valence-electron chi connectivity index (χ4n) is 4.10. The molecule has 106 valence electrons. The Morgan fingerprint density at radius 3 is 2.53 bits per heavy atom. The van der Waals surface area contributed by atoms with E-state index in [1.807, 2.05) is 0 Å². The highest BCUT2D eigenvalue weighted by Crippen LogP contribution is 2.57. The lowest BCUT2D eigenvalue weighted by Gasteiger charge is -2.38. The van der Waals surface area contributed by atoms with Crippen LogP contribution in [-0.4, -0.2) is 33.1 Å². The van der Waals surface area contributed by atoms with Crippen LogP contribution >= 0.6 is 11.8 Å². The molecule has 1 N–H and O–H groups in total. The first-order valence-electron chi connectivity index (χ1n) is 7.18. The van der Waals surface area contributed by atoms with Crippen LogP contribution in [0, 0.1) is 5.92 Å². The molecule has 0 spiro atoms. The number of carbonyl (C=O) groups excluding carboxylic acids is 1. The Labute approximate surface area is 117 Å². The molecule has 3 aliphatic rings. The summed E-state index contributed by atoms with van der Waals surface area (Å²) in [5, 5.41) is 10.1. The number of carboxylic acid groups (broad SMARTS) is 1. The van der Waals surface area contributed by atoms with Crippen LogP contribution in [0.5, 0.6) is 0 Å². The Bertz CT molecular complexity index is 389. The molecule has 0 aromatic carbocycles. The molecule has 19 heavy (non-hydrogen) atoms. The molecule has 0 aromatic rings. The quantitative estimate of drug-likeness (QED) is 0.635. The molecule has 3 fully saturated rings. The number of fused-ring (bicyclic) bond motifs is 2. The molecule has 2 heterocycles. The molecule has 3 atom stereocenters. The first-order chi connectivity index (χ1) is 9.09. The van der Waals surface area contributed by atoms with Crippen molar-refractivity contribution in [2.24, 2.45) is 5.92 Å². The van der Waals surface area contributed by atoms with Crippen LogP contribution in [-0.2, 0) is 14.3 Å². The summed E-state index contributed by atoms with van der Waals surface area (Å²) < 4.78 is 5.71. The zero-order valence-electron chi connectivity index (χ0n) is 11.0. The maximum absolute atomic E-state index is 11.8. The first kappa shape index (κ1) is 13.3. The van der Waals surface area contributed by atoms with Gasteiger partial charge in [0.1, 0.15) is 12.0 Å². The molecule has 1 saturated carbocycles. The Morgan fingerprint density at radius 2 is 2.00 bits per heavy atom. The average Bonchev–Trinajstić information content (AvgIpc) is 3.02. The van der Waals surface area contributed by atoms with Crippen molar-refractivity contribution in [3.05, 3.63) is 0 Å². The SMILES string of the molecule is O=C(O)CC(=O)OC1(C2CC3CCC2S3)CCCC1. The van der Waals surface area contributed by atoms with Crippen LogP contribution in [0.25, 0.3) is 0 Å². The van der Waals surface area contributed by atoms with Gasteiger partial charge in [-0.15, -0.1) is 0 Å². The van der Waals surface area contributed by atoms with Crippen molar-refractivity contribution in [3.8, 4) is 0 Å². The van der Waals surface area contributed by atoms with Gasteiger partial charge < -0.3 is 9.84 Å². The number of hydrogen-bond donors (Lipinski definition) is 1. The topological polar surface area (TPSA) is 63.6 Å². The fraction of sp³-hybridized carbons (Fsp3) is 0.857. The van der Waals surface area contributed by atoms with Gasteiger partial charge in [-0.2, -0.15) is 11.8 Å². The minimum atomic E-state index is -1.10. The number of rotatable bonds is 4. The van der Waals surface area contributed by atoms with E-state index in [4.69, 9.17) is 9.84 Å². The third-order valence-electron chi connectivity index (χ3n) is 4.84. The number of esters is 1. The van der Waals surface area contributed by atoms with E-state index in [-0.39, 0.29) is 5.60 Å². The Morgan fingerprint density at radius 1 is 1.26 bits per heavy atom. The molecule has 0 amide bonds. The number of thioether (sulfide) groups is 1. The van der Waals surface area contributed by atoms with E-state index in [1.54, 1.807) is 0 Å². The van der Waals surface area contributed by atoms with Crippen molar-refractivity contribution in [2.75, 3.05) is 0 Å². The average molecular weight is 284 g/mol. The predicted octanol–water partition coefficient (Wildman–Crippen LogP) is 2.60. The number of carbonyl (C=O) groups is 2. The molecule has 4 nitrogen and oxygen atoms in total. The van der Waals surface area contributed by atoms with Crippen molar-refractivity contribution in [1.29, 1.82) is 0 Å². The van der Waals surface area contributed by atoms with Gasteiger partial charge in [-0.1, -0.05) is 0 Å². The number of carboxylic acids is 1. The molecule has 0 aromatic heterocycles. The Hall–Kier alpha value is -0.710. The Kier molecular flexibility index (Phi) is 3.50. The van der Waals surface area contributed by atoms with E-state index >= 15 is 0 Å². The van der Waals surface area contributed by atoms with Crippen LogP contribution in [0.1, 0.15) is 51.4 Å². The van der Waals surface area contributed by atoms with Crippen LogP contribution in [0.2, 0.25) is 0 Å². The lowest BCUT2D eigenvalue weighted by atomic mass is 9.75. The minimum Gasteiger partial charge on any atom is -0.481 e. The van der Waals surface area contributed by atoms with Crippen molar-refractivity contribution in [3.63, 3.8) is 0 Å². The van der Waals surface area contributed by atoms with E-state index in [0.717, 1.165) is 37.4 Å². The lowest BCUT2D eigenvalue weighted by Crippen LogP contribution is -2.44. The van der Waals surface area contributed by atoms with Crippen LogP contribution in [0.4, 0.5) is 0 Å². The third-order valence-corrected chi connectivity index (χ3v) is 6.57. The number of aliphatic carboxylic acids is 1. The van der Waals surface area contributed by atoms with Gasteiger partial charge >= 0.3 is 11.9 Å². The van der Waals surface area contributed by atoms with Gasteiger partial charge in [0.05, 0.1) is 0 Å². The molecule has 3 rings (SSSR count). The second-order valence-corrected chi connectivity index (χ2v) is 7.58. The fourth-order valence-corrected chi connectivity index (χ4v) is 6.01. The van der Waals surface area contributed by atoms with Gasteiger partial charge in [0.15, 0.2) is 0 Å². The van der Waals surface area contributed by atoms with Gasteiger partial charge in [-0.25, -0.2) is 0 Å². The van der Waals surface area contributed by atoms with Gasteiger partial charge in [-0.05, 0) is 44.9 Å². The normalized spacial score (nSPS) is 35.5. The summed E-state index contributed by atoms with van der Waals surface area (Å²) >= 11 is 2.06. The summed E-state index contributed by atoms with van der Waals surface area (Å²) in [6.07, 6.45) is 7.21. The minimum absolute atomic E-state index is 0.348. The summed E-state index contributed by atoms with van der Waals surface area (Å²) in [5.41, 5.74) is -0.348. The first-order valence-corrected chi connectivity index (χ1v) is 8.12. The number of ether oxygens (including phenoxy) is 1. The highest BCUT2D eigenvalue weighted by molar-refractivity contribution is 8.01. The summed E-state index contributed by atoms with van der Waals surface area (Å²) in [5.74, 6) is -1.20.